The van der Waals surface area contributed by atoms with Gasteiger partial charge in [-0.3, -0.25) is 4.79 Å². The number of halogens is 2. The minimum absolute atomic E-state index is 0.0545. The molecule has 21 heavy (non-hydrogen) atoms. The fourth-order valence-corrected chi connectivity index (χ4v) is 2.95. The summed E-state index contributed by atoms with van der Waals surface area (Å²) >= 11 is 9.31. The van der Waals surface area contributed by atoms with Gasteiger partial charge >= 0.3 is 0 Å². The topological polar surface area (TPSA) is 29.1 Å². The molecule has 1 amide bonds. The van der Waals surface area contributed by atoms with Crippen molar-refractivity contribution in [2.75, 3.05) is 0 Å². The average Bonchev–Trinajstić information content (AvgIpc) is 2.46. The van der Waals surface area contributed by atoms with Gasteiger partial charge in [0.25, 0.3) is 5.91 Å². The third-order valence-corrected chi connectivity index (χ3v) is 4.04. The molecule has 2 aromatic rings. The minimum atomic E-state index is -0.134. The molecule has 0 saturated carbocycles. The van der Waals surface area contributed by atoms with Gasteiger partial charge in [0, 0.05) is 15.1 Å². The van der Waals surface area contributed by atoms with Gasteiger partial charge in [-0.2, -0.15) is 0 Å². The molecule has 1 atom stereocenters. The van der Waals surface area contributed by atoms with Crippen LogP contribution in [-0.2, 0) is 6.42 Å². The molecule has 0 fully saturated rings. The lowest BCUT2D eigenvalue weighted by molar-refractivity contribution is 0.0940. The highest BCUT2D eigenvalue weighted by molar-refractivity contribution is 9.10. The van der Waals surface area contributed by atoms with Gasteiger partial charge in [-0.1, -0.05) is 58.7 Å². The summed E-state index contributed by atoms with van der Waals surface area (Å²) in [6.07, 6.45) is 1.01. The lowest BCUT2D eigenvalue weighted by Gasteiger charge is -2.15. The Balaban J connectivity index is 2.10. The molecule has 110 valence electrons. The monoisotopic (exact) mass is 365 g/mol. The first-order valence-corrected chi connectivity index (χ1v) is 8.02. The molecule has 0 aliphatic rings. The van der Waals surface area contributed by atoms with Crippen LogP contribution in [0.15, 0.2) is 46.9 Å². The average molecular weight is 367 g/mol. The molecule has 2 nitrogen and oxygen atoms in total. The molecule has 0 heterocycles. The van der Waals surface area contributed by atoms with Crippen molar-refractivity contribution in [2.24, 2.45) is 0 Å². The van der Waals surface area contributed by atoms with Crippen molar-refractivity contribution < 1.29 is 4.79 Å². The normalized spacial score (nSPS) is 12.0. The number of carbonyl (C=O) groups is 1. The van der Waals surface area contributed by atoms with Gasteiger partial charge < -0.3 is 5.32 Å². The zero-order valence-corrected chi connectivity index (χ0v) is 14.3. The second-order valence-corrected chi connectivity index (χ2v) is 6.30. The summed E-state index contributed by atoms with van der Waals surface area (Å²) in [5.74, 6) is -0.134. The van der Waals surface area contributed by atoms with E-state index >= 15 is 0 Å². The van der Waals surface area contributed by atoms with Crippen molar-refractivity contribution in [3.05, 3.63) is 68.7 Å². The zero-order chi connectivity index (χ0) is 15.4. The Morgan fingerprint density at radius 2 is 1.90 bits per heavy atom. The van der Waals surface area contributed by atoms with E-state index in [4.69, 9.17) is 11.6 Å². The van der Waals surface area contributed by atoms with Crippen molar-refractivity contribution in [3.63, 3.8) is 0 Å². The number of hydrogen-bond donors (Lipinski definition) is 1. The number of amides is 1. The maximum absolute atomic E-state index is 12.3. The van der Waals surface area contributed by atoms with Crippen LogP contribution < -0.4 is 5.32 Å². The number of nitrogens with one attached hydrogen (secondary N) is 1. The van der Waals surface area contributed by atoms with Gasteiger partial charge in [-0.25, -0.2) is 0 Å². The molecule has 2 aromatic carbocycles. The Morgan fingerprint density at radius 3 is 2.48 bits per heavy atom. The first-order chi connectivity index (χ1) is 9.99. The third kappa shape index (κ3) is 4.32. The lowest BCUT2D eigenvalue weighted by Crippen LogP contribution is -2.26. The highest BCUT2D eigenvalue weighted by Crippen LogP contribution is 2.21. The lowest BCUT2D eigenvalue weighted by atomic mass is 10.0. The molecule has 0 aliphatic carbocycles. The van der Waals surface area contributed by atoms with Gasteiger partial charge in [-0.05, 0) is 42.7 Å². The maximum atomic E-state index is 12.3. The summed E-state index contributed by atoms with van der Waals surface area (Å²) in [5.41, 5.74) is 2.92. The maximum Gasteiger partial charge on any atom is 0.251 e. The zero-order valence-electron chi connectivity index (χ0n) is 12.0. The first kappa shape index (κ1) is 16.1. The Morgan fingerprint density at radius 1 is 1.24 bits per heavy atom. The SMILES string of the molecule is CCc1ccc(C(C)NC(=O)c2cc(Cl)cc(Br)c2)cc1. The highest BCUT2D eigenvalue weighted by atomic mass is 79.9. The smallest absolute Gasteiger partial charge is 0.251 e. The number of carbonyl (C=O) groups excluding carboxylic acids is 1. The van der Waals surface area contributed by atoms with Crippen LogP contribution in [0, 0.1) is 0 Å². The van der Waals surface area contributed by atoms with Crippen LogP contribution in [0.1, 0.15) is 41.4 Å². The summed E-state index contributed by atoms with van der Waals surface area (Å²) < 4.78 is 0.792. The van der Waals surface area contributed by atoms with Crippen LogP contribution in [0.2, 0.25) is 5.02 Å². The van der Waals surface area contributed by atoms with E-state index in [0.29, 0.717) is 10.6 Å². The molecular weight excluding hydrogens is 350 g/mol. The Hall–Kier alpha value is -1.32. The van der Waals surface area contributed by atoms with Crippen molar-refractivity contribution in [3.8, 4) is 0 Å². The fraction of sp³-hybridized carbons (Fsp3) is 0.235. The van der Waals surface area contributed by atoms with Crippen molar-refractivity contribution in [2.45, 2.75) is 26.3 Å². The molecule has 0 radical (unpaired) electrons. The Kier molecular flexibility index (Phi) is 5.43. The Labute approximate surface area is 138 Å². The summed E-state index contributed by atoms with van der Waals surface area (Å²) in [6, 6.07) is 13.4. The van der Waals surface area contributed by atoms with E-state index in [-0.39, 0.29) is 11.9 Å². The van der Waals surface area contributed by atoms with Gasteiger partial charge in [0.1, 0.15) is 0 Å². The van der Waals surface area contributed by atoms with Gasteiger partial charge in [0.15, 0.2) is 0 Å². The predicted octanol–water partition coefficient (Wildman–Crippen LogP) is 5.16. The van der Waals surface area contributed by atoms with E-state index in [9.17, 15) is 4.79 Å². The summed E-state index contributed by atoms with van der Waals surface area (Å²) in [4.78, 5) is 12.3. The molecule has 0 aromatic heterocycles. The Bertz CT molecular complexity index is 619. The van der Waals surface area contributed by atoms with Crippen molar-refractivity contribution in [1.82, 2.24) is 5.32 Å². The number of aryl methyl sites for hydroxylation is 1. The van der Waals surface area contributed by atoms with Crippen LogP contribution in [0.5, 0.6) is 0 Å². The van der Waals surface area contributed by atoms with E-state index in [1.165, 1.54) is 5.56 Å². The van der Waals surface area contributed by atoms with E-state index in [1.54, 1.807) is 18.2 Å². The van der Waals surface area contributed by atoms with Crippen LogP contribution in [0.25, 0.3) is 0 Å². The first-order valence-electron chi connectivity index (χ1n) is 6.85. The summed E-state index contributed by atoms with van der Waals surface area (Å²) in [6.45, 7) is 4.09. The van der Waals surface area contributed by atoms with Gasteiger partial charge in [0.2, 0.25) is 0 Å². The standard InChI is InChI=1S/C17H17BrClNO/c1-3-12-4-6-13(7-5-12)11(2)20-17(21)14-8-15(18)10-16(19)9-14/h4-11H,3H2,1-2H3,(H,20,21). The van der Waals surface area contributed by atoms with Crippen LogP contribution in [-0.4, -0.2) is 5.91 Å². The molecule has 0 spiro atoms. The molecule has 1 unspecified atom stereocenters. The minimum Gasteiger partial charge on any atom is -0.346 e. The fourth-order valence-electron chi connectivity index (χ4n) is 2.09. The molecule has 4 heteroatoms. The molecule has 2 rings (SSSR count). The van der Waals surface area contributed by atoms with E-state index in [0.717, 1.165) is 16.5 Å². The molecule has 0 bridgehead atoms. The number of rotatable bonds is 4. The quantitative estimate of drug-likeness (QED) is 0.796. The van der Waals surface area contributed by atoms with Gasteiger partial charge in [0.05, 0.1) is 6.04 Å². The van der Waals surface area contributed by atoms with E-state index in [1.807, 2.05) is 6.92 Å². The second kappa shape index (κ2) is 7.10. The van der Waals surface area contributed by atoms with E-state index < -0.39 is 0 Å². The van der Waals surface area contributed by atoms with Crippen LogP contribution >= 0.6 is 27.5 Å². The van der Waals surface area contributed by atoms with E-state index in [2.05, 4.69) is 52.4 Å². The van der Waals surface area contributed by atoms with Crippen molar-refractivity contribution in [1.29, 1.82) is 0 Å². The van der Waals surface area contributed by atoms with Crippen molar-refractivity contribution >= 4 is 33.4 Å². The van der Waals surface area contributed by atoms with Crippen LogP contribution in [0.3, 0.4) is 0 Å². The third-order valence-electron chi connectivity index (χ3n) is 3.36. The summed E-state index contributed by atoms with van der Waals surface area (Å²) in [7, 11) is 0. The largest absolute Gasteiger partial charge is 0.346 e. The highest BCUT2D eigenvalue weighted by Gasteiger charge is 2.12. The predicted molar refractivity (Wildman–Crippen MR) is 90.9 cm³/mol. The number of benzene rings is 2. The molecular formula is C17H17BrClNO. The molecule has 0 aliphatic heterocycles. The molecule has 1 N–H and O–H groups in total. The number of hydrogen-bond acceptors (Lipinski definition) is 1. The van der Waals surface area contributed by atoms with Gasteiger partial charge in [-0.15, -0.1) is 0 Å². The van der Waals surface area contributed by atoms with Crippen LogP contribution in [0.4, 0.5) is 0 Å². The summed E-state index contributed by atoms with van der Waals surface area (Å²) in [5, 5.41) is 3.52. The molecule has 0 saturated heterocycles. The second-order valence-electron chi connectivity index (χ2n) is 4.95.